The van der Waals surface area contributed by atoms with Crippen LogP contribution in [0.3, 0.4) is 0 Å². The lowest BCUT2D eigenvalue weighted by molar-refractivity contribution is 0.0171. The number of aromatic nitrogens is 1. The number of nitrogens with zero attached hydrogens (tertiary/aromatic N) is 1. The zero-order valence-corrected chi connectivity index (χ0v) is 11.2. The molecular weight excluding hydrogens is 260 g/mol. The first-order valence-electron chi connectivity index (χ1n) is 6.27. The van der Waals surface area contributed by atoms with Crippen molar-refractivity contribution in [1.82, 2.24) is 4.98 Å². The molecule has 3 aromatic rings. The maximum absolute atomic E-state index is 13.4. The van der Waals surface area contributed by atoms with Crippen LogP contribution in [-0.4, -0.2) is 4.98 Å². The third kappa shape index (κ3) is 2.18. The predicted molar refractivity (Wildman–Crippen MR) is 73.8 cm³/mol. The molecule has 3 rings (SSSR count). The van der Waals surface area contributed by atoms with Gasteiger partial charge in [0.1, 0.15) is 5.58 Å². The van der Waals surface area contributed by atoms with E-state index >= 15 is 0 Å². The van der Waals surface area contributed by atoms with Crippen LogP contribution < -0.4 is 0 Å². The Hall–Kier alpha value is -2.23. The van der Waals surface area contributed by atoms with E-state index in [1.165, 1.54) is 12.3 Å². The zero-order chi connectivity index (χ0) is 14.3. The second kappa shape index (κ2) is 4.40. The van der Waals surface area contributed by atoms with Gasteiger partial charge in [0.25, 0.3) is 5.92 Å². The van der Waals surface area contributed by atoms with Gasteiger partial charge in [-0.3, -0.25) is 4.98 Å². The maximum Gasteiger partial charge on any atom is 0.272 e. The van der Waals surface area contributed by atoms with Crippen LogP contribution >= 0.6 is 0 Å². The zero-order valence-electron chi connectivity index (χ0n) is 11.2. The Morgan fingerprint density at radius 3 is 2.70 bits per heavy atom. The van der Waals surface area contributed by atoms with Crippen molar-refractivity contribution in [3.8, 4) is 11.1 Å². The van der Waals surface area contributed by atoms with E-state index in [1.807, 2.05) is 25.1 Å². The fourth-order valence-electron chi connectivity index (χ4n) is 2.27. The van der Waals surface area contributed by atoms with E-state index in [1.54, 1.807) is 12.5 Å². The van der Waals surface area contributed by atoms with Crippen LogP contribution in [0.5, 0.6) is 0 Å². The smallest absolute Gasteiger partial charge is 0.272 e. The van der Waals surface area contributed by atoms with Crippen LogP contribution in [0.4, 0.5) is 8.78 Å². The van der Waals surface area contributed by atoms with E-state index < -0.39 is 5.92 Å². The Morgan fingerprint density at radius 2 is 1.95 bits per heavy atom. The lowest BCUT2D eigenvalue weighted by Crippen LogP contribution is -2.07. The first kappa shape index (κ1) is 12.8. The van der Waals surface area contributed by atoms with Gasteiger partial charge in [-0.05, 0) is 36.8 Å². The molecule has 0 atom stereocenters. The number of halogens is 2. The topological polar surface area (TPSA) is 26.0 Å². The fraction of sp³-hybridized carbons (Fsp3) is 0.188. The Kier molecular flexibility index (Phi) is 2.82. The lowest BCUT2D eigenvalue weighted by Gasteiger charge is -2.12. The van der Waals surface area contributed by atoms with Gasteiger partial charge in [-0.15, -0.1) is 0 Å². The highest BCUT2D eigenvalue weighted by Crippen LogP contribution is 2.34. The number of hydrogen-bond acceptors (Lipinski definition) is 2. The van der Waals surface area contributed by atoms with Gasteiger partial charge in [0, 0.05) is 41.4 Å². The highest BCUT2D eigenvalue weighted by atomic mass is 19.3. The number of pyridine rings is 1. The second-order valence-corrected chi connectivity index (χ2v) is 5.00. The van der Waals surface area contributed by atoms with Crippen LogP contribution in [0, 0.1) is 6.92 Å². The van der Waals surface area contributed by atoms with Gasteiger partial charge in [-0.2, -0.15) is 0 Å². The van der Waals surface area contributed by atoms with E-state index in [-0.39, 0.29) is 5.56 Å². The standard InChI is InChI=1S/C16H13F2NO/c1-10-5-11-3-4-20-15(11)14(6-10)12-7-13(9-19-8-12)16(2,17)18/h3-9H,1-2H3. The van der Waals surface area contributed by atoms with Crippen molar-refractivity contribution in [1.29, 1.82) is 0 Å². The summed E-state index contributed by atoms with van der Waals surface area (Å²) >= 11 is 0. The number of benzene rings is 1. The molecule has 2 nitrogen and oxygen atoms in total. The molecule has 2 heterocycles. The van der Waals surface area contributed by atoms with Crippen molar-refractivity contribution in [2.75, 3.05) is 0 Å². The molecular formula is C16H13F2NO. The Balaban J connectivity index is 2.23. The van der Waals surface area contributed by atoms with Gasteiger partial charge in [-0.1, -0.05) is 0 Å². The monoisotopic (exact) mass is 273 g/mol. The molecule has 0 saturated heterocycles. The van der Waals surface area contributed by atoms with Crippen molar-refractivity contribution < 1.29 is 13.2 Å². The van der Waals surface area contributed by atoms with Crippen molar-refractivity contribution in [2.24, 2.45) is 0 Å². The van der Waals surface area contributed by atoms with E-state index in [2.05, 4.69) is 4.98 Å². The molecule has 0 radical (unpaired) electrons. The van der Waals surface area contributed by atoms with Gasteiger partial charge < -0.3 is 4.42 Å². The van der Waals surface area contributed by atoms with Gasteiger partial charge >= 0.3 is 0 Å². The van der Waals surface area contributed by atoms with Crippen molar-refractivity contribution in [3.63, 3.8) is 0 Å². The highest BCUT2D eigenvalue weighted by molar-refractivity contribution is 5.93. The molecule has 20 heavy (non-hydrogen) atoms. The molecule has 4 heteroatoms. The molecule has 0 N–H and O–H groups in total. The predicted octanol–water partition coefficient (Wildman–Crippen LogP) is 4.91. The van der Waals surface area contributed by atoms with E-state index in [9.17, 15) is 8.78 Å². The SMILES string of the molecule is Cc1cc(-c2cncc(C(C)(F)F)c2)c2occc2c1. The van der Waals surface area contributed by atoms with Crippen molar-refractivity contribution >= 4 is 11.0 Å². The summed E-state index contributed by atoms with van der Waals surface area (Å²) in [6.45, 7) is 2.83. The Labute approximate surface area is 115 Å². The normalized spacial score (nSPS) is 12.0. The molecule has 1 aromatic carbocycles. The van der Waals surface area contributed by atoms with Crippen LogP contribution in [0.15, 0.2) is 47.3 Å². The van der Waals surface area contributed by atoms with Crippen molar-refractivity contribution in [2.45, 2.75) is 19.8 Å². The minimum absolute atomic E-state index is 0.101. The van der Waals surface area contributed by atoms with Gasteiger partial charge in [0.15, 0.2) is 0 Å². The number of aryl methyl sites for hydroxylation is 1. The summed E-state index contributed by atoms with van der Waals surface area (Å²) in [5.74, 6) is -2.91. The quantitative estimate of drug-likeness (QED) is 0.662. The molecule has 0 amide bonds. The largest absolute Gasteiger partial charge is 0.464 e. The summed E-state index contributed by atoms with van der Waals surface area (Å²) < 4.78 is 32.3. The summed E-state index contributed by atoms with van der Waals surface area (Å²) in [6.07, 6.45) is 4.36. The second-order valence-electron chi connectivity index (χ2n) is 5.00. The summed E-state index contributed by atoms with van der Waals surface area (Å²) in [6, 6.07) is 7.23. The summed E-state index contributed by atoms with van der Waals surface area (Å²) in [4.78, 5) is 3.93. The molecule has 102 valence electrons. The summed E-state index contributed by atoms with van der Waals surface area (Å²) in [5.41, 5.74) is 3.05. The molecule has 0 unspecified atom stereocenters. The number of hydrogen-bond donors (Lipinski definition) is 0. The average molecular weight is 273 g/mol. The molecule has 0 aliphatic rings. The van der Waals surface area contributed by atoms with Crippen LogP contribution in [0.25, 0.3) is 22.1 Å². The number of furan rings is 1. The highest BCUT2D eigenvalue weighted by Gasteiger charge is 2.25. The van der Waals surface area contributed by atoms with Crippen molar-refractivity contribution in [3.05, 3.63) is 54.0 Å². The lowest BCUT2D eigenvalue weighted by atomic mass is 10.00. The molecule has 0 aliphatic heterocycles. The third-order valence-electron chi connectivity index (χ3n) is 3.25. The summed E-state index contributed by atoms with van der Waals surface area (Å²) in [7, 11) is 0. The maximum atomic E-state index is 13.4. The summed E-state index contributed by atoms with van der Waals surface area (Å²) in [5, 5.41) is 0.952. The van der Waals surface area contributed by atoms with E-state index in [0.717, 1.165) is 23.4 Å². The number of fused-ring (bicyclic) bond motifs is 1. The third-order valence-corrected chi connectivity index (χ3v) is 3.25. The van der Waals surface area contributed by atoms with Gasteiger partial charge in [-0.25, -0.2) is 8.78 Å². The minimum Gasteiger partial charge on any atom is -0.464 e. The van der Waals surface area contributed by atoms with Gasteiger partial charge in [0.2, 0.25) is 0 Å². The fourth-order valence-corrected chi connectivity index (χ4v) is 2.27. The molecule has 0 saturated carbocycles. The van der Waals surface area contributed by atoms with E-state index in [0.29, 0.717) is 11.1 Å². The van der Waals surface area contributed by atoms with E-state index in [4.69, 9.17) is 4.42 Å². The van der Waals surface area contributed by atoms with Gasteiger partial charge in [0.05, 0.1) is 6.26 Å². The number of alkyl halides is 2. The average Bonchev–Trinajstić information content (AvgIpc) is 2.85. The first-order valence-corrected chi connectivity index (χ1v) is 6.27. The molecule has 0 spiro atoms. The van der Waals surface area contributed by atoms with Crippen LogP contribution in [-0.2, 0) is 5.92 Å². The minimum atomic E-state index is -2.91. The first-order chi connectivity index (χ1) is 9.45. The van der Waals surface area contributed by atoms with Crippen LogP contribution in [0.2, 0.25) is 0 Å². The Morgan fingerprint density at radius 1 is 1.15 bits per heavy atom. The number of rotatable bonds is 2. The van der Waals surface area contributed by atoms with Crippen LogP contribution in [0.1, 0.15) is 18.1 Å². The Bertz CT molecular complexity index is 771. The molecule has 0 fully saturated rings. The molecule has 0 aliphatic carbocycles. The molecule has 0 bridgehead atoms. The molecule has 2 aromatic heterocycles.